The molecule has 0 aliphatic rings. The van der Waals surface area contributed by atoms with E-state index in [-0.39, 0.29) is 25.9 Å². The smallest absolute Gasteiger partial charge is 1.00 e. The Morgan fingerprint density at radius 1 is 1.25 bits per heavy atom. The zero-order valence-electron chi connectivity index (χ0n) is 6.03. The van der Waals surface area contributed by atoms with Crippen molar-refractivity contribution >= 4 is 57.6 Å². The fourth-order valence-electron chi connectivity index (χ4n) is 0.292. The van der Waals surface area contributed by atoms with Gasteiger partial charge in [0.05, 0.1) is 8.67 Å². The second-order valence-electron chi connectivity index (χ2n) is 1.04. The molecule has 0 unspecified atom stereocenters. The van der Waals surface area contributed by atoms with Crippen molar-refractivity contribution in [3.63, 3.8) is 0 Å². The summed E-state index contributed by atoms with van der Waals surface area (Å²) in [6.45, 7) is 0. The van der Waals surface area contributed by atoms with Crippen LogP contribution in [0.4, 0.5) is 0 Å². The molecule has 0 nitrogen and oxygen atoms in total. The first-order valence-electron chi connectivity index (χ1n) is 1.70. The minimum Gasteiger partial charge on any atom is -1.00 e. The Kier molecular flexibility index (Phi) is 4.48. The van der Waals surface area contributed by atoms with Gasteiger partial charge in [0.15, 0.2) is 0 Å². The minimum absolute atomic E-state index is 0. The molecule has 1 aromatic rings. The summed E-state index contributed by atoms with van der Waals surface area (Å²) in [4.78, 5) is 0. The average molecular weight is 179 g/mol. The van der Waals surface area contributed by atoms with Gasteiger partial charge in [-0.15, -0.1) is 11.3 Å². The number of halogens is 2. The van der Waals surface area contributed by atoms with Crippen molar-refractivity contribution in [1.82, 2.24) is 0 Å². The van der Waals surface area contributed by atoms with Gasteiger partial charge in [-0.2, -0.15) is 0 Å². The molecule has 4 heteroatoms. The van der Waals surface area contributed by atoms with Crippen molar-refractivity contribution in [2.45, 2.75) is 0 Å². The van der Waals surface area contributed by atoms with Gasteiger partial charge < -0.3 is 2.85 Å². The molecule has 0 aliphatic heterocycles. The van der Waals surface area contributed by atoms with Crippen LogP contribution in [0.25, 0.3) is 0 Å². The van der Waals surface area contributed by atoms with Crippen LogP contribution in [0.15, 0.2) is 12.1 Å². The number of hydrogen-bond donors (Lipinski definition) is 0. The molecule has 0 aliphatic carbocycles. The molecule has 0 bridgehead atoms. The number of rotatable bonds is 0. The van der Waals surface area contributed by atoms with Crippen molar-refractivity contribution in [2.75, 3.05) is 0 Å². The van der Waals surface area contributed by atoms with Crippen LogP contribution in [-0.2, 0) is 0 Å². The van der Waals surface area contributed by atoms with E-state index in [1.807, 2.05) is 0 Å². The number of thiophene rings is 1. The van der Waals surface area contributed by atoms with Crippen LogP contribution in [0.3, 0.4) is 0 Å². The third kappa shape index (κ3) is 2.55. The van der Waals surface area contributed by atoms with Crippen LogP contribution in [0.2, 0.25) is 8.67 Å². The molecule has 0 amide bonds. The van der Waals surface area contributed by atoms with Gasteiger partial charge in [0.2, 0.25) is 0 Å². The molecular weight excluding hydrogens is 175 g/mol. The maximum absolute atomic E-state index is 5.49. The molecule has 8 heavy (non-hydrogen) atoms. The molecule has 0 fully saturated rings. The molecule has 0 aromatic carbocycles. The molecule has 0 spiro atoms. The molecule has 0 N–H and O–H groups in total. The first kappa shape index (κ1) is 9.05. The number of hydrogen-bond acceptors (Lipinski definition) is 1. The zero-order valence-corrected chi connectivity index (χ0v) is 7.77. The van der Waals surface area contributed by atoms with Crippen LogP contribution in [0.1, 0.15) is 2.85 Å². The molecule has 0 saturated heterocycles. The van der Waals surface area contributed by atoms with E-state index in [9.17, 15) is 0 Å². The zero-order chi connectivity index (χ0) is 5.28. The third-order valence-corrected chi connectivity index (χ3v) is 1.92. The second kappa shape index (κ2) is 3.96. The van der Waals surface area contributed by atoms with E-state index in [1.54, 1.807) is 12.1 Å². The van der Waals surface area contributed by atoms with Gasteiger partial charge in [-0.05, 0) is 12.1 Å². The maximum Gasteiger partial charge on any atom is 2.00 e. The fraction of sp³-hybridized carbons (Fsp3) is 0. The Morgan fingerprint density at radius 3 is 1.75 bits per heavy atom. The molecule has 0 atom stereocenters. The molecular formula is C4H4Cl2MgS. The van der Waals surface area contributed by atoms with E-state index < -0.39 is 0 Å². The predicted octanol–water partition coefficient (Wildman–Crippen LogP) is 2.90. The Morgan fingerprint density at radius 2 is 1.62 bits per heavy atom. The van der Waals surface area contributed by atoms with E-state index in [0.29, 0.717) is 0 Å². The summed E-state index contributed by atoms with van der Waals surface area (Å²) in [5.41, 5.74) is 0. The normalized spacial score (nSPS) is 8.25. The summed E-state index contributed by atoms with van der Waals surface area (Å²) < 4.78 is 1.48. The molecule has 1 rings (SSSR count). The fourth-order valence-corrected chi connectivity index (χ4v) is 1.49. The van der Waals surface area contributed by atoms with Gasteiger partial charge in [0.25, 0.3) is 0 Å². The van der Waals surface area contributed by atoms with E-state index in [1.165, 1.54) is 11.3 Å². The summed E-state index contributed by atoms with van der Waals surface area (Å²) in [5, 5.41) is 0. The van der Waals surface area contributed by atoms with Crippen molar-refractivity contribution in [1.29, 1.82) is 0 Å². The van der Waals surface area contributed by atoms with Gasteiger partial charge in [0.1, 0.15) is 0 Å². The average Bonchev–Trinajstić information content (AvgIpc) is 1.87. The summed E-state index contributed by atoms with van der Waals surface area (Å²) in [5.74, 6) is 0. The molecule has 0 radical (unpaired) electrons. The SMILES string of the molecule is Clc1ccc(Cl)s1.[H-].[H-].[Mg+2]. The van der Waals surface area contributed by atoms with E-state index in [0.717, 1.165) is 8.67 Å². The Balaban J connectivity index is -0.000000163. The van der Waals surface area contributed by atoms with Gasteiger partial charge >= 0.3 is 23.1 Å². The second-order valence-corrected chi connectivity index (χ2v) is 3.39. The van der Waals surface area contributed by atoms with Crippen molar-refractivity contribution in [3.05, 3.63) is 20.8 Å². The Bertz CT molecular complexity index is 154. The predicted molar refractivity (Wildman–Crippen MR) is 42.3 cm³/mol. The van der Waals surface area contributed by atoms with Crippen LogP contribution in [0.5, 0.6) is 0 Å². The topological polar surface area (TPSA) is 0 Å². The van der Waals surface area contributed by atoms with Crippen molar-refractivity contribution < 1.29 is 2.85 Å². The standard InChI is InChI=1S/C4H2Cl2S.Mg.2H/c5-3-1-2-4(6)7-3;;;/h1-2H;;;/q;+2;2*-1. The monoisotopic (exact) mass is 178 g/mol. The van der Waals surface area contributed by atoms with Crippen molar-refractivity contribution in [3.8, 4) is 0 Å². The van der Waals surface area contributed by atoms with Crippen LogP contribution in [0, 0.1) is 0 Å². The quantitative estimate of drug-likeness (QED) is 0.537. The van der Waals surface area contributed by atoms with Crippen LogP contribution < -0.4 is 0 Å². The Hall–Kier alpha value is 1.05. The van der Waals surface area contributed by atoms with Gasteiger partial charge in [0, 0.05) is 0 Å². The minimum atomic E-state index is 0. The Labute approximate surface area is 80.9 Å². The summed E-state index contributed by atoms with van der Waals surface area (Å²) in [6.07, 6.45) is 0. The van der Waals surface area contributed by atoms with Crippen LogP contribution in [-0.4, -0.2) is 23.1 Å². The van der Waals surface area contributed by atoms with Crippen molar-refractivity contribution in [2.24, 2.45) is 0 Å². The maximum atomic E-state index is 5.49. The molecule has 0 saturated carbocycles. The van der Waals surface area contributed by atoms with E-state index in [4.69, 9.17) is 23.2 Å². The van der Waals surface area contributed by atoms with Gasteiger partial charge in [-0.3, -0.25) is 0 Å². The summed E-state index contributed by atoms with van der Waals surface area (Å²) in [7, 11) is 0. The van der Waals surface area contributed by atoms with Gasteiger partial charge in [-0.25, -0.2) is 0 Å². The van der Waals surface area contributed by atoms with E-state index in [2.05, 4.69) is 0 Å². The van der Waals surface area contributed by atoms with Crippen LogP contribution >= 0.6 is 34.5 Å². The van der Waals surface area contributed by atoms with Gasteiger partial charge in [-0.1, -0.05) is 23.2 Å². The molecule has 42 valence electrons. The molecule has 1 aromatic heterocycles. The summed E-state index contributed by atoms with van der Waals surface area (Å²) >= 11 is 12.4. The first-order chi connectivity index (χ1) is 3.29. The summed E-state index contributed by atoms with van der Waals surface area (Å²) in [6, 6.07) is 3.54. The largest absolute Gasteiger partial charge is 2.00 e. The molecule has 1 heterocycles. The first-order valence-corrected chi connectivity index (χ1v) is 3.27. The van der Waals surface area contributed by atoms with E-state index >= 15 is 0 Å². The third-order valence-electron chi connectivity index (χ3n) is 0.540.